The van der Waals surface area contributed by atoms with Crippen LogP contribution in [-0.2, 0) is 0 Å². The van der Waals surface area contributed by atoms with Crippen molar-refractivity contribution in [2.24, 2.45) is 11.8 Å². The van der Waals surface area contributed by atoms with E-state index in [0.29, 0.717) is 5.92 Å². The maximum Gasteiger partial charge on any atom is -0.0219 e. The summed E-state index contributed by atoms with van der Waals surface area (Å²) in [5, 5.41) is 0. The van der Waals surface area contributed by atoms with E-state index in [2.05, 4.69) is 79.7 Å². The zero-order valence-electron chi connectivity index (χ0n) is 14.5. The van der Waals surface area contributed by atoms with Crippen molar-refractivity contribution in [3.8, 4) is 0 Å². The fourth-order valence-electron chi connectivity index (χ4n) is 0.838. The highest BCUT2D eigenvalue weighted by molar-refractivity contribution is 5.17. The minimum Gasteiger partial charge on any atom is -0.0651 e. The van der Waals surface area contributed by atoms with Crippen molar-refractivity contribution >= 4 is 0 Å². The van der Waals surface area contributed by atoms with E-state index in [4.69, 9.17) is 0 Å². The normalized spacial score (nSPS) is 9.84. The molecule has 0 N–H and O–H groups in total. The monoisotopic (exact) mass is 264 g/mol. The van der Waals surface area contributed by atoms with Crippen molar-refractivity contribution in [3.63, 3.8) is 0 Å². The van der Waals surface area contributed by atoms with Crippen LogP contribution in [0.3, 0.4) is 0 Å². The fraction of sp³-hybridized carbons (Fsp3) is 0.684. The molecular formula is C19H36. The molecule has 0 fully saturated rings. The molecule has 0 unspecified atom stereocenters. The lowest BCUT2D eigenvalue weighted by atomic mass is 10.0. The molecule has 0 saturated carbocycles. The van der Waals surface area contributed by atoms with Crippen LogP contribution in [0.5, 0.6) is 0 Å². The Morgan fingerprint density at radius 3 is 1.16 bits per heavy atom. The van der Waals surface area contributed by atoms with E-state index in [9.17, 15) is 0 Å². The maximum atomic E-state index is 2.22. The fourth-order valence-corrected chi connectivity index (χ4v) is 0.838. The minimum atomic E-state index is 0.659. The van der Waals surface area contributed by atoms with Crippen LogP contribution in [0, 0.1) is 11.8 Å². The molecule has 0 aromatic heterocycles. The van der Waals surface area contributed by atoms with Gasteiger partial charge in [-0.05, 0) is 23.3 Å². The van der Waals surface area contributed by atoms with E-state index in [1.54, 1.807) is 0 Å². The van der Waals surface area contributed by atoms with Gasteiger partial charge < -0.3 is 0 Å². The smallest absolute Gasteiger partial charge is 0.0219 e. The molecule has 19 heavy (non-hydrogen) atoms. The van der Waals surface area contributed by atoms with Gasteiger partial charge >= 0.3 is 0 Å². The van der Waals surface area contributed by atoms with Crippen molar-refractivity contribution < 1.29 is 0 Å². The molecule has 0 atom stereocenters. The van der Waals surface area contributed by atoms with Crippen LogP contribution in [0.2, 0.25) is 0 Å². The average molecular weight is 264 g/mol. The third-order valence-electron chi connectivity index (χ3n) is 3.10. The summed E-state index contributed by atoms with van der Waals surface area (Å²) in [4.78, 5) is 0. The molecule has 0 heterocycles. The van der Waals surface area contributed by atoms with Gasteiger partial charge in [-0.15, -0.1) is 0 Å². The first-order valence-electron chi connectivity index (χ1n) is 7.89. The molecule has 0 aliphatic rings. The summed E-state index contributed by atoms with van der Waals surface area (Å²) in [6, 6.07) is 10.5. The summed E-state index contributed by atoms with van der Waals surface area (Å²) >= 11 is 0. The SMILES string of the molecule is CC(C)c1ccccc1.CCC(C)C.CCC(C)C. The van der Waals surface area contributed by atoms with Gasteiger partial charge in [0.15, 0.2) is 0 Å². The molecule has 112 valence electrons. The summed E-state index contributed by atoms with van der Waals surface area (Å²) < 4.78 is 0. The first kappa shape index (κ1) is 20.5. The molecular weight excluding hydrogens is 228 g/mol. The molecule has 0 bridgehead atoms. The van der Waals surface area contributed by atoms with E-state index < -0.39 is 0 Å². The molecule has 0 amide bonds. The second-order valence-corrected chi connectivity index (χ2v) is 6.17. The Balaban J connectivity index is 0. The van der Waals surface area contributed by atoms with Gasteiger partial charge in [-0.2, -0.15) is 0 Å². The van der Waals surface area contributed by atoms with Crippen LogP contribution in [-0.4, -0.2) is 0 Å². The summed E-state index contributed by atoms with van der Waals surface area (Å²) in [7, 11) is 0. The van der Waals surface area contributed by atoms with Crippen LogP contribution < -0.4 is 0 Å². The van der Waals surface area contributed by atoms with Gasteiger partial charge in [-0.1, -0.05) is 98.6 Å². The second-order valence-electron chi connectivity index (χ2n) is 6.17. The Morgan fingerprint density at radius 2 is 1.00 bits per heavy atom. The van der Waals surface area contributed by atoms with Gasteiger partial charge in [0.25, 0.3) is 0 Å². The Kier molecular flexibility index (Phi) is 14.8. The van der Waals surface area contributed by atoms with Crippen LogP contribution in [0.4, 0.5) is 0 Å². The lowest BCUT2D eigenvalue weighted by molar-refractivity contribution is 0.626. The second kappa shape index (κ2) is 13.6. The topological polar surface area (TPSA) is 0 Å². The van der Waals surface area contributed by atoms with Gasteiger partial charge in [0.1, 0.15) is 0 Å². The molecule has 0 spiro atoms. The third-order valence-corrected chi connectivity index (χ3v) is 3.10. The first-order chi connectivity index (χ1) is 8.84. The molecule has 0 heteroatoms. The largest absolute Gasteiger partial charge is 0.0651 e. The summed E-state index contributed by atoms with van der Waals surface area (Å²) in [6.07, 6.45) is 2.61. The van der Waals surface area contributed by atoms with Crippen LogP contribution in [0.25, 0.3) is 0 Å². The zero-order valence-corrected chi connectivity index (χ0v) is 14.5. The van der Waals surface area contributed by atoms with Gasteiger partial charge in [-0.3, -0.25) is 0 Å². The number of benzene rings is 1. The molecule has 0 aliphatic heterocycles. The van der Waals surface area contributed by atoms with Crippen LogP contribution >= 0.6 is 0 Å². The van der Waals surface area contributed by atoms with Crippen LogP contribution in [0.1, 0.15) is 79.7 Å². The minimum absolute atomic E-state index is 0.659. The predicted octanol–water partition coefficient (Wildman–Crippen LogP) is 6.91. The Morgan fingerprint density at radius 1 is 0.684 bits per heavy atom. The van der Waals surface area contributed by atoms with E-state index >= 15 is 0 Å². The molecule has 0 saturated heterocycles. The maximum absolute atomic E-state index is 2.22. The Hall–Kier alpha value is -0.780. The lowest BCUT2D eigenvalue weighted by Gasteiger charge is -2.01. The molecule has 1 rings (SSSR count). The van der Waals surface area contributed by atoms with E-state index in [1.165, 1.54) is 18.4 Å². The highest BCUT2D eigenvalue weighted by Gasteiger charge is 1.93. The number of hydrogen-bond donors (Lipinski definition) is 0. The molecule has 1 aromatic carbocycles. The van der Waals surface area contributed by atoms with Crippen molar-refractivity contribution in [2.45, 2.75) is 74.1 Å². The molecule has 0 aliphatic carbocycles. The predicted molar refractivity (Wildman–Crippen MR) is 90.8 cm³/mol. The molecule has 1 aromatic rings. The van der Waals surface area contributed by atoms with Gasteiger partial charge in [-0.25, -0.2) is 0 Å². The summed E-state index contributed by atoms with van der Waals surface area (Å²) in [5.41, 5.74) is 1.41. The quantitative estimate of drug-likeness (QED) is 0.556. The van der Waals surface area contributed by atoms with E-state index in [0.717, 1.165) is 11.8 Å². The number of rotatable bonds is 3. The summed E-state index contributed by atoms with van der Waals surface area (Å²) in [6.45, 7) is 17.7. The Bertz CT molecular complexity index is 249. The van der Waals surface area contributed by atoms with E-state index in [1.807, 2.05) is 6.07 Å². The van der Waals surface area contributed by atoms with Gasteiger partial charge in [0.2, 0.25) is 0 Å². The molecule has 0 radical (unpaired) electrons. The van der Waals surface area contributed by atoms with E-state index in [-0.39, 0.29) is 0 Å². The average Bonchev–Trinajstić information content (AvgIpc) is 2.41. The van der Waals surface area contributed by atoms with Crippen molar-refractivity contribution in [1.82, 2.24) is 0 Å². The third kappa shape index (κ3) is 17.2. The van der Waals surface area contributed by atoms with Gasteiger partial charge in [0, 0.05) is 0 Å². The van der Waals surface area contributed by atoms with Crippen LogP contribution in [0.15, 0.2) is 30.3 Å². The molecule has 0 nitrogen and oxygen atoms in total. The highest BCUT2D eigenvalue weighted by Crippen LogP contribution is 2.11. The standard InChI is InChI=1S/C9H12.2C5H12/c1-8(2)9-6-4-3-5-7-9;2*1-4-5(2)3/h3-8H,1-2H3;2*5H,4H2,1-3H3. The zero-order chi connectivity index (χ0) is 15.3. The first-order valence-corrected chi connectivity index (χ1v) is 7.89. The van der Waals surface area contributed by atoms with Crippen molar-refractivity contribution in [3.05, 3.63) is 35.9 Å². The van der Waals surface area contributed by atoms with Crippen molar-refractivity contribution in [1.29, 1.82) is 0 Å². The summed E-state index contributed by atoms with van der Waals surface area (Å²) in [5.74, 6) is 2.43. The lowest BCUT2D eigenvalue weighted by Crippen LogP contribution is -1.83. The van der Waals surface area contributed by atoms with Gasteiger partial charge in [0.05, 0.1) is 0 Å². The van der Waals surface area contributed by atoms with Crippen molar-refractivity contribution in [2.75, 3.05) is 0 Å². The highest BCUT2D eigenvalue weighted by atomic mass is 14.0. The Labute approximate surface area is 122 Å². The number of hydrogen-bond acceptors (Lipinski definition) is 0.